The van der Waals surface area contributed by atoms with Crippen LogP contribution in [0, 0.1) is 17.7 Å². The van der Waals surface area contributed by atoms with E-state index in [1.54, 1.807) is 26.0 Å². The Morgan fingerprint density at radius 2 is 2.06 bits per heavy atom. The topological polar surface area (TPSA) is 96.0 Å². The Morgan fingerprint density at radius 3 is 2.56 bits per heavy atom. The summed E-state index contributed by atoms with van der Waals surface area (Å²) in [7, 11) is -3.55. The summed E-state index contributed by atoms with van der Waals surface area (Å²) in [6.07, 6.45) is 0. The van der Waals surface area contributed by atoms with Gasteiger partial charge in [0.15, 0.2) is 0 Å². The number of aryl methyl sites for hydroxylation is 1. The lowest BCUT2D eigenvalue weighted by Crippen LogP contribution is -2.42. The summed E-state index contributed by atoms with van der Waals surface area (Å²) in [5.74, 6) is -0.0468. The minimum Gasteiger partial charge on any atom is -0.387 e. The molecule has 0 unspecified atom stereocenters. The highest BCUT2D eigenvalue weighted by Crippen LogP contribution is 2.15. The molecule has 0 amide bonds. The van der Waals surface area contributed by atoms with Gasteiger partial charge in [0.2, 0.25) is 10.0 Å². The van der Waals surface area contributed by atoms with E-state index in [1.807, 2.05) is 13.0 Å². The van der Waals surface area contributed by atoms with E-state index in [4.69, 9.17) is 11.1 Å². The highest BCUT2D eigenvalue weighted by Gasteiger charge is 2.25. The third-order valence-electron chi connectivity index (χ3n) is 2.73. The largest absolute Gasteiger partial charge is 0.387 e. The van der Waals surface area contributed by atoms with Crippen LogP contribution in [0.1, 0.15) is 19.4 Å². The van der Waals surface area contributed by atoms with Crippen LogP contribution in [0.15, 0.2) is 29.2 Å². The normalized spacial score (nSPS) is 12.4. The Hall–Kier alpha value is -1.40. The van der Waals surface area contributed by atoms with Crippen molar-refractivity contribution in [2.45, 2.75) is 25.7 Å². The van der Waals surface area contributed by atoms with Gasteiger partial charge in [-0.25, -0.2) is 13.1 Å². The standard InChI is InChI=1S/C12H19N3O2S/c1-9-5-4-6-10(7-9)18(16,17)15-8-12(2,3)11(13)14/h4-7,15H,8H2,1-3H3,(H3,13,14). The van der Waals surface area contributed by atoms with Gasteiger partial charge in [-0.1, -0.05) is 26.0 Å². The fraction of sp³-hybridized carbons (Fsp3) is 0.417. The van der Waals surface area contributed by atoms with Crippen LogP contribution in [0.4, 0.5) is 0 Å². The molecule has 0 aliphatic heterocycles. The second-order valence-electron chi connectivity index (χ2n) is 4.94. The molecule has 0 aliphatic rings. The molecular formula is C12H19N3O2S. The van der Waals surface area contributed by atoms with E-state index < -0.39 is 15.4 Å². The predicted octanol–water partition coefficient (Wildman–Crippen LogP) is 1.24. The SMILES string of the molecule is Cc1cccc(S(=O)(=O)NCC(C)(C)C(=N)N)c1. The molecule has 1 aromatic rings. The van der Waals surface area contributed by atoms with Gasteiger partial charge >= 0.3 is 0 Å². The molecule has 18 heavy (non-hydrogen) atoms. The highest BCUT2D eigenvalue weighted by molar-refractivity contribution is 7.89. The first-order valence-corrected chi connectivity index (χ1v) is 7.04. The van der Waals surface area contributed by atoms with Gasteiger partial charge in [-0.15, -0.1) is 0 Å². The van der Waals surface area contributed by atoms with Gasteiger partial charge in [0.25, 0.3) is 0 Å². The van der Waals surface area contributed by atoms with Crippen LogP contribution in [0.25, 0.3) is 0 Å². The number of nitrogens with one attached hydrogen (secondary N) is 2. The fourth-order valence-corrected chi connectivity index (χ4v) is 2.55. The molecule has 0 saturated heterocycles. The second-order valence-corrected chi connectivity index (χ2v) is 6.71. The van der Waals surface area contributed by atoms with Gasteiger partial charge in [0.1, 0.15) is 0 Å². The van der Waals surface area contributed by atoms with Gasteiger partial charge in [0.05, 0.1) is 10.7 Å². The first-order chi connectivity index (χ1) is 8.15. The monoisotopic (exact) mass is 269 g/mol. The lowest BCUT2D eigenvalue weighted by Gasteiger charge is -2.23. The maximum atomic E-state index is 12.0. The summed E-state index contributed by atoms with van der Waals surface area (Å²) in [5, 5.41) is 7.39. The molecule has 1 aromatic carbocycles. The molecule has 1 rings (SSSR count). The average Bonchev–Trinajstić information content (AvgIpc) is 2.26. The molecule has 6 heteroatoms. The Labute approximate surface area is 108 Å². The zero-order chi connectivity index (χ0) is 14.0. The quantitative estimate of drug-likeness (QED) is 0.554. The number of hydrogen-bond donors (Lipinski definition) is 3. The summed E-state index contributed by atoms with van der Waals surface area (Å²) < 4.78 is 26.5. The number of amidine groups is 1. The van der Waals surface area contributed by atoms with Gasteiger partial charge in [0, 0.05) is 12.0 Å². The maximum absolute atomic E-state index is 12.0. The summed E-state index contributed by atoms with van der Waals surface area (Å²) in [6, 6.07) is 6.66. The summed E-state index contributed by atoms with van der Waals surface area (Å²) in [6.45, 7) is 5.36. The van der Waals surface area contributed by atoms with Crippen molar-refractivity contribution in [2.75, 3.05) is 6.54 Å². The van der Waals surface area contributed by atoms with Crippen molar-refractivity contribution in [1.82, 2.24) is 4.72 Å². The number of nitrogens with two attached hydrogens (primary N) is 1. The van der Waals surface area contributed by atoms with E-state index in [-0.39, 0.29) is 17.3 Å². The van der Waals surface area contributed by atoms with E-state index in [0.717, 1.165) is 5.56 Å². The van der Waals surface area contributed by atoms with E-state index in [2.05, 4.69) is 4.72 Å². The Kier molecular flexibility index (Phi) is 4.13. The molecule has 0 aliphatic carbocycles. The molecule has 0 spiro atoms. The number of rotatable bonds is 5. The zero-order valence-electron chi connectivity index (χ0n) is 10.8. The van der Waals surface area contributed by atoms with Gasteiger partial charge in [-0.05, 0) is 24.6 Å². The van der Waals surface area contributed by atoms with E-state index in [0.29, 0.717) is 0 Å². The van der Waals surface area contributed by atoms with Crippen molar-refractivity contribution < 1.29 is 8.42 Å². The van der Waals surface area contributed by atoms with E-state index in [9.17, 15) is 8.42 Å². The molecule has 0 saturated carbocycles. The second kappa shape index (κ2) is 5.07. The van der Waals surface area contributed by atoms with Crippen molar-refractivity contribution >= 4 is 15.9 Å². The van der Waals surface area contributed by atoms with Crippen LogP contribution in [0.3, 0.4) is 0 Å². The molecule has 0 fully saturated rings. The zero-order valence-corrected chi connectivity index (χ0v) is 11.6. The Balaban J connectivity index is 2.87. The maximum Gasteiger partial charge on any atom is 0.240 e. The molecule has 0 aromatic heterocycles. The first-order valence-electron chi connectivity index (χ1n) is 5.56. The van der Waals surface area contributed by atoms with Crippen LogP contribution in [-0.2, 0) is 10.0 Å². The van der Waals surface area contributed by atoms with Crippen molar-refractivity contribution in [3.63, 3.8) is 0 Å². The van der Waals surface area contributed by atoms with Crippen LogP contribution < -0.4 is 10.5 Å². The predicted molar refractivity (Wildman–Crippen MR) is 72.1 cm³/mol. The summed E-state index contributed by atoms with van der Waals surface area (Å²) >= 11 is 0. The third-order valence-corrected chi connectivity index (χ3v) is 4.13. The minimum absolute atomic E-state index is 0.0468. The van der Waals surface area contributed by atoms with Crippen molar-refractivity contribution in [1.29, 1.82) is 5.41 Å². The molecular weight excluding hydrogens is 250 g/mol. The van der Waals surface area contributed by atoms with Gasteiger partial charge in [-0.3, -0.25) is 5.41 Å². The third kappa shape index (κ3) is 3.54. The van der Waals surface area contributed by atoms with E-state index in [1.165, 1.54) is 6.07 Å². The Morgan fingerprint density at radius 1 is 1.44 bits per heavy atom. The number of benzene rings is 1. The van der Waals surface area contributed by atoms with Crippen molar-refractivity contribution in [3.05, 3.63) is 29.8 Å². The molecule has 0 atom stereocenters. The lowest BCUT2D eigenvalue weighted by molar-refractivity contribution is 0.493. The highest BCUT2D eigenvalue weighted by atomic mass is 32.2. The van der Waals surface area contributed by atoms with Crippen LogP contribution in [-0.4, -0.2) is 20.8 Å². The molecule has 0 radical (unpaired) electrons. The molecule has 5 nitrogen and oxygen atoms in total. The van der Waals surface area contributed by atoms with Crippen LogP contribution in [0.5, 0.6) is 0 Å². The summed E-state index contributed by atoms with van der Waals surface area (Å²) in [5.41, 5.74) is 5.59. The number of sulfonamides is 1. The van der Waals surface area contributed by atoms with Crippen molar-refractivity contribution in [2.24, 2.45) is 11.1 Å². The summed E-state index contributed by atoms with van der Waals surface area (Å²) in [4.78, 5) is 0.224. The van der Waals surface area contributed by atoms with Crippen LogP contribution in [0.2, 0.25) is 0 Å². The first kappa shape index (κ1) is 14.7. The van der Waals surface area contributed by atoms with Crippen molar-refractivity contribution in [3.8, 4) is 0 Å². The molecule has 0 bridgehead atoms. The van der Waals surface area contributed by atoms with Gasteiger partial charge in [-0.2, -0.15) is 0 Å². The van der Waals surface area contributed by atoms with Gasteiger partial charge < -0.3 is 5.73 Å². The van der Waals surface area contributed by atoms with E-state index >= 15 is 0 Å². The minimum atomic E-state index is -3.55. The molecule has 4 N–H and O–H groups in total. The fourth-order valence-electron chi connectivity index (χ4n) is 1.24. The smallest absolute Gasteiger partial charge is 0.240 e. The van der Waals surface area contributed by atoms with Crippen LogP contribution >= 0.6 is 0 Å². The Bertz CT molecular complexity index is 550. The molecule has 100 valence electrons. The average molecular weight is 269 g/mol. The molecule has 0 heterocycles. The number of hydrogen-bond acceptors (Lipinski definition) is 3. The lowest BCUT2D eigenvalue weighted by atomic mass is 9.93.